The molecule has 0 saturated carbocycles. The molecule has 2 aliphatic rings. The molecule has 0 amide bonds. The zero-order valence-electron chi connectivity index (χ0n) is 11.8. The Kier molecular flexibility index (Phi) is 6.52. The molecule has 2 saturated heterocycles. The molecule has 2 heterocycles. The molecule has 2 rings (SSSR count). The third kappa shape index (κ3) is 3.77. The minimum absolute atomic E-state index is 0.0177. The summed E-state index contributed by atoms with van der Waals surface area (Å²) < 4.78 is 10.8. The average molecular weight is 336 g/mol. The molecule has 0 aromatic heterocycles. The normalized spacial score (nSPS) is 50.0. The number of rotatable bonds is 4. The molecule has 8 nitrogen and oxygen atoms in total. The van der Waals surface area contributed by atoms with Crippen molar-refractivity contribution in [1.29, 1.82) is 0 Å². The highest BCUT2D eigenvalue weighted by Gasteiger charge is 2.45. The number of hydrogen-bond acceptors (Lipinski definition) is 9. The molecule has 2 aliphatic heterocycles. The second-order valence-electron chi connectivity index (χ2n) is 5.52. The van der Waals surface area contributed by atoms with Gasteiger partial charge in [-0.3, -0.25) is 0 Å². The second kappa shape index (κ2) is 7.78. The van der Waals surface area contributed by atoms with Gasteiger partial charge in [0.2, 0.25) is 0 Å². The Labute approximate surface area is 133 Å². The summed E-state index contributed by atoms with van der Waals surface area (Å²) in [7, 11) is 5.71. The number of thioether (sulfide) groups is 1. The monoisotopic (exact) mass is 336 g/mol. The van der Waals surface area contributed by atoms with Crippen LogP contribution in [0.3, 0.4) is 0 Å². The molecule has 7 unspecified atom stereocenters. The maximum atomic E-state index is 10.1. The van der Waals surface area contributed by atoms with Crippen LogP contribution in [-0.2, 0) is 9.47 Å². The molecule has 0 spiro atoms. The third-order valence-electron chi connectivity index (χ3n) is 3.92. The van der Waals surface area contributed by atoms with Gasteiger partial charge in [0.25, 0.3) is 0 Å². The highest BCUT2D eigenvalue weighted by molar-refractivity contribution is 8.00. The van der Waals surface area contributed by atoms with Crippen LogP contribution in [0.15, 0.2) is 0 Å². The predicted octanol–water partition coefficient (Wildman–Crippen LogP) is -3.06. The smallest absolute Gasteiger partial charge is 0.132 e. The topological polar surface area (TPSA) is 140 Å². The van der Waals surface area contributed by atoms with Crippen molar-refractivity contribution in [2.24, 2.45) is 0 Å². The van der Waals surface area contributed by atoms with E-state index in [9.17, 15) is 25.5 Å². The Hall–Kier alpha value is 0.0949. The first kappa shape index (κ1) is 18.4. The van der Waals surface area contributed by atoms with Crippen molar-refractivity contribution in [3.05, 3.63) is 0 Å². The van der Waals surface area contributed by atoms with Gasteiger partial charge in [0.15, 0.2) is 0 Å². The summed E-state index contributed by atoms with van der Waals surface area (Å²) in [5.74, 6) is -1.01. The Balaban J connectivity index is 2.02. The van der Waals surface area contributed by atoms with Crippen molar-refractivity contribution in [2.45, 2.75) is 59.7 Å². The van der Waals surface area contributed by atoms with Crippen LogP contribution in [0.25, 0.3) is 0 Å². The molecule has 0 aliphatic carbocycles. The van der Waals surface area contributed by atoms with Crippen molar-refractivity contribution in [3.63, 3.8) is 0 Å². The molecular weight excluding hydrogens is 315 g/mol. The maximum absolute atomic E-state index is 10.1. The first-order valence-corrected chi connectivity index (χ1v) is 7.99. The van der Waals surface area contributed by atoms with Gasteiger partial charge >= 0.3 is 0 Å². The number of hydrogen-bond donors (Lipinski definition) is 6. The van der Waals surface area contributed by atoms with Crippen LogP contribution in [-0.4, -0.2) is 99.2 Å². The van der Waals surface area contributed by atoms with Crippen molar-refractivity contribution >= 4 is 19.6 Å². The molecule has 2 fully saturated rings. The molecule has 0 bridgehead atoms. The molecule has 2 radical (unpaired) electrons. The van der Waals surface area contributed by atoms with Crippen LogP contribution < -0.4 is 0 Å². The Morgan fingerprint density at radius 2 is 1.45 bits per heavy atom. The molecule has 126 valence electrons. The lowest BCUT2D eigenvalue weighted by Crippen LogP contribution is -2.54. The zero-order chi connectivity index (χ0) is 16.4. The van der Waals surface area contributed by atoms with Gasteiger partial charge in [0.1, 0.15) is 23.1 Å². The van der Waals surface area contributed by atoms with E-state index in [1.165, 1.54) is 0 Å². The largest absolute Gasteiger partial charge is 0.394 e. The summed E-state index contributed by atoms with van der Waals surface area (Å²) in [6, 6.07) is 0. The fraction of sp³-hybridized carbons (Fsp3) is 1.00. The summed E-state index contributed by atoms with van der Waals surface area (Å²) in [6.45, 7) is -0.874. The van der Waals surface area contributed by atoms with Crippen LogP contribution in [0.1, 0.15) is 6.42 Å². The van der Waals surface area contributed by atoms with E-state index in [0.717, 1.165) is 11.8 Å². The van der Waals surface area contributed by atoms with E-state index in [2.05, 4.69) is 0 Å². The highest BCUT2D eigenvalue weighted by Crippen LogP contribution is 2.38. The lowest BCUT2D eigenvalue weighted by molar-refractivity contribution is -0.160. The average Bonchev–Trinajstić information content (AvgIpc) is 2.50. The van der Waals surface area contributed by atoms with Crippen molar-refractivity contribution in [1.82, 2.24) is 0 Å². The Morgan fingerprint density at radius 3 is 2.05 bits per heavy atom. The first-order chi connectivity index (χ1) is 10.4. The van der Waals surface area contributed by atoms with Crippen LogP contribution in [0, 0.1) is 0 Å². The van der Waals surface area contributed by atoms with Gasteiger partial charge in [0, 0.05) is 6.42 Å². The van der Waals surface area contributed by atoms with E-state index in [0.29, 0.717) is 0 Å². The lowest BCUT2D eigenvalue weighted by Gasteiger charge is -2.44. The number of ether oxygens (including phenoxy) is 2. The van der Waals surface area contributed by atoms with Crippen molar-refractivity contribution in [2.75, 3.05) is 13.2 Å². The third-order valence-corrected chi connectivity index (χ3v) is 5.27. The van der Waals surface area contributed by atoms with E-state index in [-0.39, 0.29) is 6.42 Å². The minimum Gasteiger partial charge on any atom is -0.394 e. The van der Waals surface area contributed by atoms with E-state index >= 15 is 0 Å². The van der Waals surface area contributed by atoms with Gasteiger partial charge < -0.3 is 40.1 Å². The van der Waals surface area contributed by atoms with Crippen molar-refractivity contribution < 1.29 is 40.1 Å². The molecule has 22 heavy (non-hydrogen) atoms. The quantitative estimate of drug-likeness (QED) is 0.295. The summed E-state index contributed by atoms with van der Waals surface area (Å²) in [5.41, 5.74) is -1.77. The Bertz CT molecular complexity index is 362. The first-order valence-electron chi connectivity index (χ1n) is 7.05. The SMILES string of the molecule is [B]C1C(O)[C@@H](CO)O[C@@H](SC2OC(CO)C(O)CC2O)C1O. The predicted molar refractivity (Wildman–Crippen MR) is 77.2 cm³/mol. The molecule has 10 heteroatoms. The van der Waals surface area contributed by atoms with E-state index in [1.54, 1.807) is 0 Å². The molecule has 0 aromatic carbocycles. The van der Waals surface area contributed by atoms with Crippen molar-refractivity contribution in [3.8, 4) is 0 Å². The fourth-order valence-electron chi connectivity index (χ4n) is 2.51. The number of aliphatic hydroxyl groups is 6. The fourth-order valence-corrected chi connectivity index (χ4v) is 3.82. The van der Waals surface area contributed by atoms with Gasteiger partial charge in [-0.15, -0.1) is 0 Å². The van der Waals surface area contributed by atoms with Crippen LogP contribution >= 0.6 is 11.8 Å². The molecular formula is C12H21BO8S. The van der Waals surface area contributed by atoms with Gasteiger partial charge in [-0.25, -0.2) is 0 Å². The van der Waals surface area contributed by atoms with Gasteiger partial charge in [0.05, 0.1) is 45.5 Å². The second-order valence-corrected chi connectivity index (χ2v) is 6.72. The lowest BCUT2D eigenvalue weighted by atomic mass is 9.75. The summed E-state index contributed by atoms with van der Waals surface area (Å²) >= 11 is 0.935. The van der Waals surface area contributed by atoms with Crippen LogP contribution in [0.4, 0.5) is 0 Å². The van der Waals surface area contributed by atoms with Gasteiger partial charge in [-0.05, 0) is 5.82 Å². The molecule has 9 atom stereocenters. The van der Waals surface area contributed by atoms with E-state index in [1.807, 2.05) is 0 Å². The van der Waals surface area contributed by atoms with E-state index in [4.69, 9.17) is 22.4 Å². The van der Waals surface area contributed by atoms with Gasteiger partial charge in [-0.1, -0.05) is 11.8 Å². The van der Waals surface area contributed by atoms with Crippen LogP contribution in [0.2, 0.25) is 5.82 Å². The van der Waals surface area contributed by atoms with Gasteiger partial charge in [-0.2, -0.15) is 0 Å². The molecule has 6 N–H and O–H groups in total. The minimum atomic E-state index is -1.22. The Morgan fingerprint density at radius 1 is 0.864 bits per heavy atom. The summed E-state index contributed by atoms with van der Waals surface area (Å²) in [5, 5.41) is 57.8. The zero-order valence-corrected chi connectivity index (χ0v) is 12.6. The maximum Gasteiger partial charge on any atom is 0.132 e. The highest BCUT2D eigenvalue weighted by atomic mass is 32.2. The van der Waals surface area contributed by atoms with Crippen LogP contribution in [0.5, 0.6) is 0 Å². The summed E-state index contributed by atoms with van der Waals surface area (Å²) in [4.78, 5) is 0. The molecule has 0 aromatic rings. The van der Waals surface area contributed by atoms with E-state index < -0.39 is 66.5 Å². The standard InChI is InChI=1S/C12H21BO8S/c13-8-9(18)7(3-15)21-12(10(8)19)22-11-5(17)1-4(16)6(2-14)20-11/h4-12,14-19H,1-3H2/t4?,5?,6?,7-,8?,9?,10?,11?,12+/m1/s1. The summed E-state index contributed by atoms with van der Waals surface area (Å²) in [6.07, 6.45) is -6.20. The number of aliphatic hydroxyl groups excluding tert-OH is 6.